The average molecular weight is 382 g/mol. The molecule has 1 aliphatic rings. The van der Waals surface area contributed by atoms with Gasteiger partial charge in [-0.3, -0.25) is 4.79 Å². The van der Waals surface area contributed by atoms with Crippen molar-refractivity contribution in [1.29, 1.82) is 0 Å². The Bertz CT molecular complexity index is 822. The number of fused-ring (bicyclic) bond motifs is 1. The number of hydrogen-bond donors (Lipinski definition) is 1. The van der Waals surface area contributed by atoms with Crippen LogP contribution in [0.2, 0.25) is 0 Å². The number of para-hydroxylation sites is 2. The van der Waals surface area contributed by atoms with Crippen molar-refractivity contribution in [3.8, 4) is 0 Å². The van der Waals surface area contributed by atoms with E-state index in [1.807, 2.05) is 14.1 Å². The maximum Gasteiger partial charge on any atom is 0.449 e. The van der Waals surface area contributed by atoms with Gasteiger partial charge in [0.1, 0.15) is 6.04 Å². The normalized spacial score (nSPS) is 18.2. The number of aromatic nitrogens is 2. The second-order valence-corrected chi connectivity index (χ2v) is 7.51. The lowest BCUT2D eigenvalue weighted by atomic mass is 9.96. The van der Waals surface area contributed by atoms with Crippen LogP contribution in [0.25, 0.3) is 11.0 Å². The van der Waals surface area contributed by atoms with Gasteiger partial charge in [0.25, 0.3) is 0 Å². The Morgan fingerprint density at radius 1 is 1.30 bits per heavy atom. The second-order valence-electron chi connectivity index (χ2n) is 7.51. The summed E-state index contributed by atoms with van der Waals surface area (Å²) >= 11 is 0. The summed E-state index contributed by atoms with van der Waals surface area (Å²) < 4.78 is 41.4. The molecule has 1 aromatic carbocycles. The summed E-state index contributed by atoms with van der Waals surface area (Å²) in [5.41, 5.74) is 0.403. The number of hydrogen-bond acceptors (Lipinski definition) is 3. The highest BCUT2D eigenvalue weighted by atomic mass is 19.4. The van der Waals surface area contributed by atoms with E-state index < -0.39 is 23.9 Å². The fourth-order valence-electron chi connectivity index (χ4n) is 3.97. The number of carbonyl (C=O) groups is 1. The molecule has 0 aliphatic heterocycles. The van der Waals surface area contributed by atoms with E-state index >= 15 is 0 Å². The van der Waals surface area contributed by atoms with Gasteiger partial charge in [0.15, 0.2) is 0 Å². The van der Waals surface area contributed by atoms with E-state index in [4.69, 9.17) is 0 Å². The highest BCUT2D eigenvalue weighted by Gasteiger charge is 2.40. The topological polar surface area (TPSA) is 50.2 Å². The predicted molar refractivity (Wildman–Crippen MR) is 97.3 cm³/mol. The summed E-state index contributed by atoms with van der Waals surface area (Å²) in [7, 11) is 3.96. The number of nitrogens with zero attached hydrogens (tertiary/aromatic N) is 3. The molecule has 3 rings (SSSR count). The molecule has 0 bridgehead atoms. The first kappa shape index (κ1) is 19.7. The van der Waals surface area contributed by atoms with Crippen LogP contribution in [0.3, 0.4) is 0 Å². The maximum absolute atomic E-state index is 13.5. The number of amides is 1. The van der Waals surface area contributed by atoms with Crippen LogP contribution in [0.15, 0.2) is 24.3 Å². The van der Waals surface area contributed by atoms with E-state index in [1.165, 1.54) is 13.0 Å². The highest BCUT2D eigenvalue weighted by Crippen LogP contribution is 2.35. The zero-order chi connectivity index (χ0) is 19.8. The van der Waals surface area contributed by atoms with Crippen LogP contribution in [-0.2, 0) is 11.0 Å². The number of halogens is 3. The summed E-state index contributed by atoms with van der Waals surface area (Å²) in [6.07, 6.45) is -0.515. The Balaban J connectivity index is 1.87. The van der Waals surface area contributed by atoms with Crippen LogP contribution in [0, 0.1) is 0 Å². The molecule has 1 fully saturated rings. The maximum atomic E-state index is 13.5. The van der Waals surface area contributed by atoms with E-state index in [2.05, 4.69) is 15.2 Å². The van der Waals surface area contributed by atoms with Crippen molar-refractivity contribution in [3.63, 3.8) is 0 Å². The third-order valence-corrected chi connectivity index (χ3v) is 5.69. The van der Waals surface area contributed by atoms with E-state index in [1.54, 1.807) is 18.2 Å². The van der Waals surface area contributed by atoms with Crippen LogP contribution < -0.4 is 5.32 Å². The lowest BCUT2D eigenvalue weighted by molar-refractivity contribution is -0.148. The zero-order valence-corrected chi connectivity index (χ0v) is 15.8. The highest BCUT2D eigenvalue weighted by molar-refractivity contribution is 5.84. The smallest absolute Gasteiger partial charge is 0.352 e. The summed E-state index contributed by atoms with van der Waals surface area (Å²) in [5, 5.41) is 2.88. The molecule has 1 N–H and O–H groups in total. The van der Waals surface area contributed by atoms with E-state index in [-0.39, 0.29) is 11.1 Å². The van der Waals surface area contributed by atoms with Crippen molar-refractivity contribution < 1.29 is 18.0 Å². The fourth-order valence-corrected chi connectivity index (χ4v) is 3.97. The van der Waals surface area contributed by atoms with Crippen LogP contribution >= 0.6 is 0 Å². The molecular formula is C19H25F3N4O. The van der Waals surface area contributed by atoms with Crippen molar-refractivity contribution >= 4 is 16.9 Å². The van der Waals surface area contributed by atoms with Gasteiger partial charge in [0.2, 0.25) is 11.7 Å². The number of nitrogens with one attached hydrogen (secondary N) is 1. The fraction of sp³-hybridized carbons (Fsp3) is 0.579. The minimum atomic E-state index is -4.64. The molecule has 1 aliphatic carbocycles. The summed E-state index contributed by atoms with van der Waals surface area (Å²) in [4.78, 5) is 18.6. The molecule has 0 saturated heterocycles. The van der Waals surface area contributed by atoms with Crippen molar-refractivity contribution in [2.45, 2.75) is 50.4 Å². The number of benzene rings is 1. The molecule has 148 valence electrons. The van der Waals surface area contributed by atoms with Gasteiger partial charge >= 0.3 is 6.18 Å². The third-order valence-electron chi connectivity index (χ3n) is 5.69. The SMILES string of the molecule is CC(C(=O)NCC1(N(C)C)CCCC1)n1c(C(F)(F)F)nc2ccccc21. The van der Waals surface area contributed by atoms with Crippen LogP contribution in [0.1, 0.15) is 44.5 Å². The first-order valence-corrected chi connectivity index (χ1v) is 9.15. The van der Waals surface area contributed by atoms with Gasteiger partial charge in [-0.1, -0.05) is 25.0 Å². The molecule has 2 aromatic rings. The molecule has 27 heavy (non-hydrogen) atoms. The molecule has 1 aromatic heterocycles. The lowest BCUT2D eigenvalue weighted by Gasteiger charge is -2.36. The van der Waals surface area contributed by atoms with Gasteiger partial charge in [-0.05, 0) is 46.0 Å². The van der Waals surface area contributed by atoms with Crippen LogP contribution in [-0.4, -0.2) is 46.5 Å². The molecular weight excluding hydrogens is 357 g/mol. The number of rotatable bonds is 5. The second kappa shape index (κ2) is 7.14. The summed E-state index contributed by atoms with van der Waals surface area (Å²) in [6.45, 7) is 1.91. The molecule has 0 spiro atoms. The molecule has 1 amide bonds. The Kier molecular flexibility index (Phi) is 5.20. The molecule has 0 radical (unpaired) electrons. The minimum absolute atomic E-state index is 0.126. The van der Waals surface area contributed by atoms with Gasteiger partial charge in [-0.2, -0.15) is 13.2 Å². The number of alkyl halides is 3. The average Bonchev–Trinajstić information content (AvgIpc) is 3.24. The third kappa shape index (κ3) is 3.67. The minimum Gasteiger partial charge on any atom is -0.352 e. The Labute approximate surface area is 156 Å². The van der Waals surface area contributed by atoms with E-state index in [0.29, 0.717) is 12.1 Å². The molecule has 1 heterocycles. The number of imidazole rings is 1. The van der Waals surface area contributed by atoms with Crippen molar-refractivity contribution in [3.05, 3.63) is 30.1 Å². The van der Waals surface area contributed by atoms with Gasteiger partial charge in [0, 0.05) is 12.1 Å². The number of carbonyl (C=O) groups excluding carboxylic acids is 1. The van der Waals surface area contributed by atoms with Crippen molar-refractivity contribution in [1.82, 2.24) is 19.8 Å². The lowest BCUT2D eigenvalue weighted by Crippen LogP contribution is -2.51. The molecule has 1 saturated carbocycles. The number of likely N-dealkylation sites (N-methyl/N-ethyl adjacent to an activating group) is 1. The van der Waals surface area contributed by atoms with Gasteiger partial charge in [-0.25, -0.2) is 4.98 Å². The van der Waals surface area contributed by atoms with Crippen LogP contribution in [0.5, 0.6) is 0 Å². The first-order chi connectivity index (χ1) is 12.7. The van der Waals surface area contributed by atoms with Gasteiger partial charge < -0.3 is 14.8 Å². The molecule has 5 nitrogen and oxygen atoms in total. The van der Waals surface area contributed by atoms with E-state index in [0.717, 1.165) is 30.3 Å². The Morgan fingerprint density at radius 2 is 1.93 bits per heavy atom. The zero-order valence-electron chi connectivity index (χ0n) is 15.8. The monoisotopic (exact) mass is 382 g/mol. The summed E-state index contributed by atoms with van der Waals surface area (Å²) in [5.74, 6) is -1.48. The quantitative estimate of drug-likeness (QED) is 0.860. The largest absolute Gasteiger partial charge is 0.449 e. The van der Waals surface area contributed by atoms with Gasteiger partial charge in [-0.15, -0.1) is 0 Å². The van der Waals surface area contributed by atoms with Crippen LogP contribution in [0.4, 0.5) is 13.2 Å². The standard InChI is InChI=1S/C19H25F3N4O/c1-13(16(27)23-12-18(25(2)3)10-6-7-11-18)26-15-9-5-4-8-14(15)24-17(26)19(20,21)22/h4-5,8-9,13H,6-7,10-12H2,1-3H3,(H,23,27). The Morgan fingerprint density at radius 3 is 2.52 bits per heavy atom. The summed E-state index contributed by atoms with van der Waals surface area (Å²) in [6, 6.07) is 5.33. The molecule has 1 unspecified atom stereocenters. The van der Waals surface area contributed by atoms with Crippen molar-refractivity contribution in [2.75, 3.05) is 20.6 Å². The van der Waals surface area contributed by atoms with E-state index in [9.17, 15) is 18.0 Å². The molecule has 8 heteroatoms. The first-order valence-electron chi connectivity index (χ1n) is 9.15. The predicted octanol–water partition coefficient (Wildman–Crippen LogP) is 3.61. The van der Waals surface area contributed by atoms with Gasteiger partial charge in [0.05, 0.1) is 11.0 Å². The Hall–Kier alpha value is -2.09. The van der Waals surface area contributed by atoms with Crippen molar-refractivity contribution in [2.24, 2.45) is 0 Å². The molecule has 1 atom stereocenters.